The summed E-state index contributed by atoms with van der Waals surface area (Å²) in [6.07, 6.45) is -0.589. The zero-order valence-electron chi connectivity index (χ0n) is 22.6. The van der Waals surface area contributed by atoms with Crippen LogP contribution in [-0.2, 0) is 6.18 Å². The van der Waals surface area contributed by atoms with Gasteiger partial charge in [0.15, 0.2) is 0 Å². The summed E-state index contributed by atoms with van der Waals surface area (Å²) in [5.74, 6) is -0.0436. The number of alkyl halides is 3. The number of aryl methyl sites for hydroxylation is 1. The number of fused-ring (bicyclic) bond motifs is 1. The first-order valence-electron chi connectivity index (χ1n) is 12.3. The van der Waals surface area contributed by atoms with Gasteiger partial charge < -0.3 is 21.8 Å². The first-order chi connectivity index (χ1) is 19.9. The molecule has 1 amide bonds. The summed E-state index contributed by atoms with van der Waals surface area (Å²) in [6, 6.07) is 18.3. The number of carbonyl (C=O) groups is 1. The number of nitrogens with one attached hydrogen (secondary N) is 2. The molecule has 218 valence electrons. The molecule has 0 saturated heterocycles. The number of hydrogen-bond donors (Lipinski definition) is 4. The zero-order chi connectivity index (χ0) is 30.6. The number of carbonyl (C=O) groups excluding carboxylic acids is 1. The van der Waals surface area contributed by atoms with Gasteiger partial charge in [-0.15, -0.1) is 23.5 Å². The molecule has 0 fully saturated rings. The molecule has 7 nitrogen and oxygen atoms in total. The number of nitrogens with zero attached hydrogens (tertiary/aromatic N) is 2. The molecule has 2 aromatic heterocycles. The van der Waals surface area contributed by atoms with E-state index in [0.717, 1.165) is 33.0 Å². The maximum Gasteiger partial charge on any atom is 0.433 e. The van der Waals surface area contributed by atoms with Gasteiger partial charge in [-0.3, -0.25) is 4.79 Å². The van der Waals surface area contributed by atoms with Gasteiger partial charge in [0.05, 0.1) is 38.7 Å². The third-order valence-electron chi connectivity index (χ3n) is 6.08. The summed E-state index contributed by atoms with van der Waals surface area (Å²) in [4.78, 5) is 26.2. The molecule has 3 aromatic carbocycles. The molecule has 0 aliphatic heterocycles. The van der Waals surface area contributed by atoms with E-state index in [1.165, 1.54) is 6.92 Å². The van der Waals surface area contributed by atoms with Crippen LogP contribution in [-0.4, -0.2) is 33.4 Å². The van der Waals surface area contributed by atoms with Gasteiger partial charge in [-0.25, -0.2) is 9.97 Å². The molecular weight excluding hydrogens is 605 g/mol. The molecule has 0 spiro atoms. The van der Waals surface area contributed by atoms with E-state index >= 15 is 0 Å². The maximum absolute atomic E-state index is 12.8. The van der Waals surface area contributed by atoms with E-state index in [2.05, 4.69) is 20.3 Å². The van der Waals surface area contributed by atoms with Gasteiger partial charge in [0.1, 0.15) is 11.5 Å². The van der Waals surface area contributed by atoms with Gasteiger partial charge in [-0.05, 0) is 86.2 Å². The number of aromatic amines is 1. The first-order valence-corrected chi connectivity index (χ1v) is 15.1. The number of halogens is 4. The van der Waals surface area contributed by atoms with E-state index in [4.69, 9.17) is 23.1 Å². The first kappa shape index (κ1) is 31.1. The molecule has 0 saturated carbocycles. The fourth-order valence-corrected chi connectivity index (χ4v) is 4.96. The van der Waals surface area contributed by atoms with Crippen molar-refractivity contribution >= 4 is 69.1 Å². The number of thioether (sulfide) groups is 2. The van der Waals surface area contributed by atoms with E-state index in [9.17, 15) is 18.0 Å². The van der Waals surface area contributed by atoms with Crippen LogP contribution in [0.15, 0.2) is 76.5 Å². The number of nitrogens with two attached hydrogens (primary N) is 2. The van der Waals surface area contributed by atoms with Crippen LogP contribution in [0, 0.1) is 6.92 Å². The molecule has 0 bridgehead atoms. The molecule has 0 aliphatic rings. The monoisotopic (exact) mass is 630 g/mol. The average Bonchev–Trinajstić information content (AvgIpc) is 3.38. The predicted molar refractivity (Wildman–Crippen MR) is 167 cm³/mol. The third-order valence-corrected chi connectivity index (χ3v) is 7.86. The number of amides is 1. The van der Waals surface area contributed by atoms with Crippen LogP contribution in [0.4, 0.5) is 30.2 Å². The Morgan fingerprint density at radius 1 is 0.905 bits per heavy atom. The van der Waals surface area contributed by atoms with Crippen LogP contribution in [0.1, 0.15) is 21.7 Å². The Balaban J connectivity index is 0.000000343. The normalized spacial score (nSPS) is 11.2. The van der Waals surface area contributed by atoms with Gasteiger partial charge in [0.2, 0.25) is 0 Å². The van der Waals surface area contributed by atoms with Crippen molar-refractivity contribution in [2.24, 2.45) is 0 Å². The number of nitrogen functional groups attached to an aromatic ring is 2. The Morgan fingerprint density at radius 2 is 1.60 bits per heavy atom. The number of H-pyrrole nitrogens is 1. The lowest BCUT2D eigenvalue weighted by Crippen LogP contribution is -2.16. The Labute approximate surface area is 253 Å². The lowest BCUT2D eigenvalue weighted by atomic mass is 10.1. The molecule has 0 atom stereocenters. The van der Waals surface area contributed by atoms with Crippen molar-refractivity contribution in [3.05, 3.63) is 88.7 Å². The summed E-state index contributed by atoms with van der Waals surface area (Å²) in [5.41, 5.74) is 14.0. The minimum absolute atomic E-state index is 0.0200. The second-order valence-corrected chi connectivity index (χ2v) is 11.1. The SMILES string of the molecule is CSc1ccc(N)c(N)c1.CSc1ccc2nc(-c3cc(NC(=O)c4ccc(C(F)(F)F)nc4C)ccc3Cl)[nH]c2c1. The minimum Gasteiger partial charge on any atom is -0.397 e. The summed E-state index contributed by atoms with van der Waals surface area (Å²) >= 11 is 9.63. The highest BCUT2D eigenvalue weighted by Crippen LogP contribution is 2.32. The highest BCUT2D eigenvalue weighted by Gasteiger charge is 2.33. The molecule has 13 heteroatoms. The summed E-state index contributed by atoms with van der Waals surface area (Å²) in [7, 11) is 0. The van der Waals surface area contributed by atoms with E-state index in [1.807, 2.05) is 48.9 Å². The van der Waals surface area contributed by atoms with Crippen LogP contribution in [0.3, 0.4) is 0 Å². The van der Waals surface area contributed by atoms with Crippen molar-refractivity contribution < 1.29 is 18.0 Å². The Bertz CT molecular complexity index is 1760. The predicted octanol–water partition coefficient (Wildman–Crippen LogP) is 8.15. The highest BCUT2D eigenvalue weighted by molar-refractivity contribution is 7.98. The van der Waals surface area contributed by atoms with E-state index in [0.29, 0.717) is 33.5 Å². The largest absolute Gasteiger partial charge is 0.433 e. The second kappa shape index (κ2) is 13.0. The summed E-state index contributed by atoms with van der Waals surface area (Å²) in [6.45, 7) is 1.36. The molecule has 0 radical (unpaired) electrons. The van der Waals surface area contributed by atoms with E-state index in [1.54, 1.807) is 41.7 Å². The highest BCUT2D eigenvalue weighted by atomic mass is 35.5. The fraction of sp³-hybridized carbons (Fsp3) is 0.138. The lowest BCUT2D eigenvalue weighted by molar-refractivity contribution is -0.141. The molecule has 5 aromatic rings. The van der Waals surface area contributed by atoms with Crippen molar-refractivity contribution in [1.29, 1.82) is 0 Å². The van der Waals surface area contributed by atoms with Gasteiger partial charge >= 0.3 is 6.18 Å². The number of anilines is 3. The van der Waals surface area contributed by atoms with Gasteiger partial charge in [0, 0.05) is 21.0 Å². The van der Waals surface area contributed by atoms with Crippen LogP contribution < -0.4 is 16.8 Å². The zero-order valence-corrected chi connectivity index (χ0v) is 25.0. The number of hydrogen-bond acceptors (Lipinski definition) is 7. The van der Waals surface area contributed by atoms with Gasteiger partial charge in [0.25, 0.3) is 5.91 Å². The number of aromatic nitrogens is 3. The Kier molecular flexibility index (Phi) is 9.60. The van der Waals surface area contributed by atoms with Crippen molar-refractivity contribution in [3.8, 4) is 11.4 Å². The Hall–Kier alpha value is -3.87. The summed E-state index contributed by atoms with van der Waals surface area (Å²) < 4.78 is 38.5. The molecule has 42 heavy (non-hydrogen) atoms. The second-order valence-electron chi connectivity index (χ2n) is 8.94. The number of benzene rings is 3. The summed E-state index contributed by atoms with van der Waals surface area (Å²) in [5, 5.41) is 3.11. The minimum atomic E-state index is -4.58. The molecule has 2 heterocycles. The van der Waals surface area contributed by atoms with Crippen molar-refractivity contribution in [2.45, 2.75) is 22.9 Å². The third kappa shape index (κ3) is 7.30. The standard InChI is InChI=1S/C22H16ClF3N4OS.C7H10N2S/c1-11-14(5-8-19(27-11)22(24,25)26)21(31)28-12-3-6-16(23)15(9-12)20-29-17-7-4-13(32-2)10-18(17)30-20;1-10-5-2-3-6(8)7(9)4-5/h3-10H,1-2H3,(H,28,31)(H,29,30);2-4H,8-9H2,1H3. The van der Waals surface area contributed by atoms with Crippen LogP contribution in [0.2, 0.25) is 5.02 Å². The molecular formula is C29H26ClF3N6OS2. The number of rotatable bonds is 5. The quantitative estimate of drug-likeness (QED) is 0.114. The van der Waals surface area contributed by atoms with Gasteiger partial charge in [-0.1, -0.05) is 11.6 Å². The van der Waals surface area contributed by atoms with Crippen LogP contribution in [0.5, 0.6) is 0 Å². The van der Waals surface area contributed by atoms with Crippen LogP contribution in [0.25, 0.3) is 22.4 Å². The molecule has 5 rings (SSSR count). The number of imidazole rings is 1. The smallest absolute Gasteiger partial charge is 0.397 e. The Morgan fingerprint density at radius 3 is 2.24 bits per heavy atom. The average molecular weight is 631 g/mol. The van der Waals surface area contributed by atoms with Crippen LogP contribution >= 0.6 is 35.1 Å². The molecule has 0 aliphatic carbocycles. The van der Waals surface area contributed by atoms with Crippen molar-refractivity contribution in [1.82, 2.24) is 15.0 Å². The topological polar surface area (TPSA) is 123 Å². The van der Waals surface area contributed by atoms with Crippen molar-refractivity contribution in [3.63, 3.8) is 0 Å². The molecule has 6 N–H and O–H groups in total. The van der Waals surface area contributed by atoms with Gasteiger partial charge in [-0.2, -0.15) is 13.2 Å². The van der Waals surface area contributed by atoms with Crippen molar-refractivity contribution in [2.75, 3.05) is 29.3 Å². The van der Waals surface area contributed by atoms with E-state index in [-0.39, 0.29) is 11.3 Å². The number of pyridine rings is 1. The maximum atomic E-state index is 12.8. The van der Waals surface area contributed by atoms with E-state index < -0.39 is 17.8 Å². The fourth-order valence-electron chi connectivity index (χ4n) is 3.86. The lowest BCUT2D eigenvalue weighted by Gasteiger charge is -2.11. The molecule has 0 unspecified atom stereocenters.